The zero-order valence-corrected chi connectivity index (χ0v) is 59.0. The number of hydrogen-bond donors (Lipinski definition) is 1. The van der Waals surface area contributed by atoms with Crippen LogP contribution in [0.1, 0.15) is 412 Å². The number of rotatable bonds is 73. The Morgan fingerprint density at radius 3 is 0.750 bits per heavy atom. The second-order valence-corrected chi connectivity index (χ2v) is 26.4. The van der Waals surface area contributed by atoms with Gasteiger partial charge in [-0.15, -0.1) is 0 Å². The predicted molar refractivity (Wildman–Crippen MR) is 390 cm³/mol. The number of hydrogen-bond acceptors (Lipinski definition) is 5. The van der Waals surface area contributed by atoms with E-state index in [1.807, 2.05) is 0 Å². The third-order valence-corrected chi connectivity index (χ3v) is 17.7. The minimum absolute atomic E-state index is 0.0614. The summed E-state index contributed by atoms with van der Waals surface area (Å²) in [5.74, 6) is -0.568. The maximum absolute atomic E-state index is 12.4. The average Bonchev–Trinajstić information content (AvgIpc) is 3.54. The van der Waals surface area contributed by atoms with Gasteiger partial charge in [0.1, 0.15) is 6.61 Å². The maximum Gasteiger partial charge on any atom is 0.306 e. The van der Waals surface area contributed by atoms with E-state index in [9.17, 15) is 14.7 Å². The quantitative estimate of drug-likeness (QED) is 0.0373. The average molecular weight is 1230 g/mol. The normalized spacial score (nSPS) is 12.6. The van der Waals surface area contributed by atoms with Crippen LogP contribution in [0, 0.1) is 0 Å². The highest BCUT2D eigenvalue weighted by Crippen LogP contribution is 2.19. The minimum atomic E-state index is -0.773. The van der Waals surface area contributed by atoms with Crippen LogP contribution in [0.5, 0.6) is 0 Å². The molecule has 0 bridgehead atoms. The number of allylic oxidation sites excluding steroid dienone is 14. The summed E-state index contributed by atoms with van der Waals surface area (Å²) in [6, 6.07) is 0. The molecule has 0 spiro atoms. The van der Waals surface area contributed by atoms with Crippen LogP contribution in [0.25, 0.3) is 0 Å². The molecule has 0 aliphatic carbocycles. The second kappa shape index (κ2) is 78.3. The largest absolute Gasteiger partial charge is 0.462 e. The lowest BCUT2D eigenvalue weighted by atomic mass is 10.0. The first-order valence-corrected chi connectivity index (χ1v) is 39.1. The number of carbonyl (C=O) groups is 2. The van der Waals surface area contributed by atoms with Crippen molar-refractivity contribution in [3.05, 3.63) is 85.1 Å². The smallest absolute Gasteiger partial charge is 0.306 e. The van der Waals surface area contributed by atoms with Gasteiger partial charge >= 0.3 is 11.9 Å². The van der Waals surface area contributed by atoms with Gasteiger partial charge in [0.25, 0.3) is 0 Å². The van der Waals surface area contributed by atoms with Crippen molar-refractivity contribution in [2.45, 2.75) is 418 Å². The molecule has 0 aliphatic rings. The van der Waals surface area contributed by atoms with Crippen LogP contribution in [0.2, 0.25) is 0 Å². The molecule has 0 fully saturated rings. The summed E-state index contributed by atoms with van der Waals surface area (Å²) in [6.07, 6.45) is 111. The van der Waals surface area contributed by atoms with Crippen LogP contribution in [-0.2, 0) is 19.1 Å². The van der Waals surface area contributed by atoms with Crippen LogP contribution in [0.15, 0.2) is 85.1 Å². The fourth-order valence-corrected chi connectivity index (χ4v) is 11.9. The molecule has 0 saturated heterocycles. The molecule has 1 N–H and O–H groups in total. The van der Waals surface area contributed by atoms with Crippen LogP contribution >= 0.6 is 0 Å². The Bertz CT molecular complexity index is 1580. The van der Waals surface area contributed by atoms with Gasteiger partial charge in [-0.05, 0) is 89.9 Å². The van der Waals surface area contributed by atoms with Gasteiger partial charge in [0.05, 0.1) is 6.61 Å². The van der Waals surface area contributed by atoms with E-state index in [-0.39, 0.29) is 25.2 Å². The van der Waals surface area contributed by atoms with E-state index in [0.717, 1.165) is 77.0 Å². The molecule has 0 aliphatic heterocycles. The molecule has 1 unspecified atom stereocenters. The Hall–Kier alpha value is -2.92. The van der Waals surface area contributed by atoms with Crippen LogP contribution in [0.4, 0.5) is 0 Å². The lowest BCUT2D eigenvalue weighted by Gasteiger charge is -2.15. The van der Waals surface area contributed by atoms with Gasteiger partial charge in [-0.1, -0.05) is 394 Å². The maximum atomic E-state index is 12.4. The van der Waals surface area contributed by atoms with Gasteiger partial charge in [-0.2, -0.15) is 0 Å². The number of carbonyl (C=O) groups excluding carboxylic acids is 2. The third-order valence-electron chi connectivity index (χ3n) is 17.7. The van der Waals surface area contributed by atoms with Crippen molar-refractivity contribution >= 4 is 11.9 Å². The second-order valence-electron chi connectivity index (χ2n) is 26.4. The van der Waals surface area contributed by atoms with Gasteiger partial charge < -0.3 is 14.6 Å². The Balaban J connectivity index is 3.40. The molecular formula is C83H150O5. The molecule has 0 aromatic carbocycles. The van der Waals surface area contributed by atoms with Crippen molar-refractivity contribution in [2.24, 2.45) is 0 Å². The summed E-state index contributed by atoms with van der Waals surface area (Å²) in [5, 5.41) is 9.73. The van der Waals surface area contributed by atoms with Crippen molar-refractivity contribution < 1.29 is 24.2 Å². The molecule has 0 aromatic rings. The first-order chi connectivity index (χ1) is 43.6. The van der Waals surface area contributed by atoms with Crippen molar-refractivity contribution in [3.63, 3.8) is 0 Å². The number of aliphatic hydroxyl groups excluding tert-OH is 1. The van der Waals surface area contributed by atoms with Crippen molar-refractivity contribution in [3.8, 4) is 0 Å². The zero-order chi connectivity index (χ0) is 63.3. The summed E-state index contributed by atoms with van der Waals surface area (Å²) in [5.41, 5.74) is 0. The standard InChI is InChI=1S/C83H150O5/c1-3-5-7-9-11-13-15-17-19-21-23-25-27-29-31-33-35-37-39-40-41-42-44-46-48-50-52-54-56-58-60-62-64-66-68-70-72-74-76-78-83(86)88-81(79-84)80-87-82(85)77-75-73-71-69-67-65-63-61-59-57-55-53-51-49-47-45-43-38-36-34-32-30-28-26-24-22-20-18-16-14-12-10-8-6-4-2/h5,7,11,13,17,19,22-25,29,31,35,37,81,84H,3-4,6,8-10,12,14-16,18,20-21,26-28,30,32-34,36,38-80H2,1-2H3/b7-5-,13-11-,19-17-,24-22-,25-23-,31-29-,37-35-. The Morgan fingerprint density at radius 1 is 0.273 bits per heavy atom. The molecular weight excluding hydrogens is 1080 g/mol. The van der Waals surface area contributed by atoms with E-state index >= 15 is 0 Å². The Morgan fingerprint density at radius 2 is 0.489 bits per heavy atom. The molecule has 88 heavy (non-hydrogen) atoms. The highest BCUT2D eigenvalue weighted by Gasteiger charge is 2.16. The minimum Gasteiger partial charge on any atom is -0.462 e. The molecule has 1 atom stereocenters. The van der Waals surface area contributed by atoms with E-state index in [1.165, 1.54) is 308 Å². The highest BCUT2D eigenvalue weighted by molar-refractivity contribution is 5.70. The van der Waals surface area contributed by atoms with Crippen LogP contribution in [0.3, 0.4) is 0 Å². The van der Waals surface area contributed by atoms with Gasteiger partial charge in [0.2, 0.25) is 0 Å². The number of ether oxygens (including phenoxy) is 2. The molecule has 5 nitrogen and oxygen atoms in total. The summed E-state index contributed by atoms with van der Waals surface area (Å²) >= 11 is 0. The number of unbranched alkanes of at least 4 members (excludes halogenated alkanes) is 51. The summed E-state index contributed by atoms with van der Waals surface area (Å²) in [4.78, 5) is 24.7. The summed E-state index contributed by atoms with van der Waals surface area (Å²) in [6.45, 7) is 4.08. The molecule has 0 radical (unpaired) electrons. The fraction of sp³-hybridized carbons (Fsp3) is 0.807. The molecule has 0 rings (SSSR count). The summed E-state index contributed by atoms with van der Waals surface area (Å²) < 4.78 is 10.8. The molecule has 512 valence electrons. The molecule has 0 aromatic heterocycles. The third kappa shape index (κ3) is 75.5. The van der Waals surface area contributed by atoms with Gasteiger partial charge in [0.15, 0.2) is 6.10 Å². The van der Waals surface area contributed by atoms with Gasteiger partial charge in [0, 0.05) is 12.8 Å². The van der Waals surface area contributed by atoms with Gasteiger partial charge in [-0.3, -0.25) is 9.59 Å². The van der Waals surface area contributed by atoms with E-state index < -0.39 is 6.10 Å². The van der Waals surface area contributed by atoms with Crippen molar-refractivity contribution in [1.82, 2.24) is 0 Å². The van der Waals surface area contributed by atoms with Gasteiger partial charge in [-0.25, -0.2) is 0 Å². The first-order valence-electron chi connectivity index (χ1n) is 39.1. The lowest BCUT2D eigenvalue weighted by Crippen LogP contribution is -2.28. The Labute approximate surface area is 549 Å². The number of aliphatic hydroxyl groups is 1. The van der Waals surface area contributed by atoms with Crippen molar-refractivity contribution in [1.29, 1.82) is 0 Å². The van der Waals surface area contributed by atoms with Crippen LogP contribution in [-0.4, -0.2) is 36.4 Å². The van der Waals surface area contributed by atoms with E-state index in [0.29, 0.717) is 12.8 Å². The van der Waals surface area contributed by atoms with Crippen LogP contribution < -0.4 is 0 Å². The SMILES string of the molecule is CC/C=C\C/C=C\C/C=C\C/C=C\C/C=C\C/C=C\CCCCCCCCCCCCCCCCCCCCCCC(=O)OC(CO)COC(=O)CCCCCCCCCCCCCCCCCCCCCCCCC/C=C\CCCCCCCCCC. The monoisotopic (exact) mass is 1230 g/mol. The van der Waals surface area contributed by atoms with E-state index in [1.54, 1.807) is 0 Å². The van der Waals surface area contributed by atoms with E-state index in [2.05, 4.69) is 98.9 Å². The predicted octanol–water partition coefficient (Wildman–Crippen LogP) is 27.6. The summed E-state index contributed by atoms with van der Waals surface area (Å²) in [7, 11) is 0. The zero-order valence-electron chi connectivity index (χ0n) is 59.0. The number of esters is 2. The topological polar surface area (TPSA) is 72.8 Å². The Kier molecular flexibility index (Phi) is 75.7. The lowest BCUT2D eigenvalue weighted by molar-refractivity contribution is -0.161. The first kappa shape index (κ1) is 85.1. The molecule has 0 heterocycles. The fourth-order valence-electron chi connectivity index (χ4n) is 11.9. The molecule has 5 heteroatoms. The van der Waals surface area contributed by atoms with E-state index in [4.69, 9.17) is 9.47 Å². The molecule has 0 amide bonds. The molecule has 0 saturated carbocycles. The van der Waals surface area contributed by atoms with Crippen molar-refractivity contribution in [2.75, 3.05) is 13.2 Å². The highest BCUT2D eigenvalue weighted by atomic mass is 16.6.